The minimum atomic E-state index is -0.836. The zero-order chi connectivity index (χ0) is 13.7. The van der Waals surface area contributed by atoms with Gasteiger partial charge in [-0.1, -0.05) is 35.9 Å². The van der Waals surface area contributed by atoms with E-state index < -0.39 is 12.0 Å². The lowest BCUT2D eigenvalue weighted by atomic mass is 10.1. The summed E-state index contributed by atoms with van der Waals surface area (Å²) in [6, 6.07) is 10.2. The van der Waals surface area contributed by atoms with E-state index in [2.05, 4.69) is 0 Å². The normalized spacial score (nSPS) is 12.1. The topological polar surface area (TPSA) is 52.3 Å². The van der Waals surface area contributed by atoms with Crippen molar-refractivity contribution in [3.63, 3.8) is 0 Å². The van der Waals surface area contributed by atoms with Gasteiger partial charge in [-0.25, -0.2) is 4.79 Å². The second kappa shape index (κ2) is 6.70. The van der Waals surface area contributed by atoms with E-state index in [0.29, 0.717) is 23.6 Å². The van der Waals surface area contributed by atoms with Gasteiger partial charge in [-0.05, 0) is 23.1 Å². The van der Waals surface area contributed by atoms with Crippen LogP contribution in [-0.2, 0) is 16.0 Å². The Morgan fingerprint density at radius 3 is 2.79 bits per heavy atom. The van der Waals surface area contributed by atoms with Crippen molar-refractivity contribution in [2.24, 2.45) is 5.73 Å². The summed E-state index contributed by atoms with van der Waals surface area (Å²) in [6.45, 7) is 0.331. The first-order valence-corrected chi connectivity index (χ1v) is 7.13. The van der Waals surface area contributed by atoms with Gasteiger partial charge >= 0.3 is 5.97 Å². The number of nitrogens with two attached hydrogens (primary N) is 1. The molecular weight excluding hydrogens is 282 g/mol. The molecule has 5 heteroatoms. The highest BCUT2D eigenvalue weighted by Crippen LogP contribution is 2.21. The Bertz CT molecular complexity index is 542. The lowest BCUT2D eigenvalue weighted by Gasteiger charge is -2.12. The van der Waals surface area contributed by atoms with Crippen LogP contribution in [0, 0.1) is 0 Å². The highest BCUT2D eigenvalue weighted by molar-refractivity contribution is 7.09. The molecule has 0 fully saturated rings. The Labute approximate surface area is 121 Å². The first-order chi connectivity index (χ1) is 9.18. The monoisotopic (exact) mass is 295 g/mol. The van der Waals surface area contributed by atoms with Crippen molar-refractivity contribution in [3.8, 4) is 0 Å². The standard InChI is InChI=1S/C14H14ClNO2S/c15-12-6-2-1-5-11(12)13(16)14(17)18-8-7-10-4-3-9-19-10/h1-6,9,13H,7-8,16H2/t13-/m1/s1. The van der Waals surface area contributed by atoms with Gasteiger partial charge in [0.25, 0.3) is 0 Å². The van der Waals surface area contributed by atoms with Gasteiger partial charge in [-0.15, -0.1) is 11.3 Å². The number of ether oxygens (including phenoxy) is 1. The van der Waals surface area contributed by atoms with Crippen LogP contribution in [0.5, 0.6) is 0 Å². The molecule has 2 aromatic rings. The van der Waals surface area contributed by atoms with E-state index in [1.54, 1.807) is 35.6 Å². The number of esters is 1. The number of carbonyl (C=O) groups is 1. The second-order valence-electron chi connectivity index (χ2n) is 4.00. The van der Waals surface area contributed by atoms with Gasteiger partial charge in [0.2, 0.25) is 0 Å². The minimum Gasteiger partial charge on any atom is -0.464 e. The third-order valence-electron chi connectivity index (χ3n) is 2.67. The molecule has 0 saturated carbocycles. The average molecular weight is 296 g/mol. The number of benzene rings is 1. The van der Waals surface area contributed by atoms with E-state index in [1.807, 2.05) is 17.5 Å². The molecule has 0 amide bonds. The maximum atomic E-state index is 11.8. The Hall–Kier alpha value is -1.36. The van der Waals surface area contributed by atoms with Crippen LogP contribution in [0.4, 0.5) is 0 Å². The second-order valence-corrected chi connectivity index (χ2v) is 5.44. The first-order valence-electron chi connectivity index (χ1n) is 5.87. The number of thiophene rings is 1. The van der Waals surface area contributed by atoms with Gasteiger partial charge in [-0.3, -0.25) is 0 Å². The molecule has 0 aliphatic heterocycles. The molecular formula is C14H14ClNO2S. The zero-order valence-electron chi connectivity index (χ0n) is 10.2. The van der Waals surface area contributed by atoms with E-state index in [4.69, 9.17) is 22.1 Å². The maximum absolute atomic E-state index is 11.8. The van der Waals surface area contributed by atoms with E-state index in [-0.39, 0.29) is 0 Å². The molecule has 1 atom stereocenters. The molecule has 1 heterocycles. The summed E-state index contributed by atoms with van der Waals surface area (Å²) in [7, 11) is 0. The smallest absolute Gasteiger partial charge is 0.327 e. The van der Waals surface area contributed by atoms with E-state index in [0.717, 1.165) is 0 Å². The quantitative estimate of drug-likeness (QED) is 0.862. The fourth-order valence-corrected chi connectivity index (χ4v) is 2.59. The summed E-state index contributed by atoms with van der Waals surface area (Å²) in [6.07, 6.45) is 0.707. The Morgan fingerprint density at radius 1 is 1.32 bits per heavy atom. The lowest BCUT2D eigenvalue weighted by Crippen LogP contribution is -2.24. The molecule has 0 aliphatic rings. The average Bonchev–Trinajstić information content (AvgIpc) is 2.91. The minimum absolute atomic E-state index is 0.331. The molecule has 3 nitrogen and oxygen atoms in total. The van der Waals surface area contributed by atoms with Crippen molar-refractivity contribution in [2.75, 3.05) is 6.61 Å². The van der Waals surface area contributed by atoms with Crippen LogP contribution in [0.25, 0.3) is 0 Å². The number of rotatable bonds is 5. The first kappa shape index (κ1) is 14.1. The highest BCUT2D eigenvalue weighted by atomic mass is 35.5. The zero-order valence-corrected chi connectivity index (χ0v) is 11.8. The third-order valence-corrected chi connectivity index (χ3v) is 3.95. The predicted molar refractivity (Wildman–Crippen MR) is 77.4 cm³/mol. The maximum Gasteiger partial charge on any atom is 0.327 e. The van der Waals surface area contributed by atoms with Gasteiger partial charge in [0.05, 0.1) is 6.61 Å². The van der Waals surface area contributed by atoms with Crippen LogP contribution in [0.2, 0.25) is 5.02 Å². The largest absolute Gasteiger partial charge is 0.464 e. The molecule has 1 aromatic carbocycles. The van der Waals surface area contributed by atoms with Crippen molar-refractivity contribution in [1.29, 1.82) is 0 Å². The Morgan fingerprint density at radius 2 is 2.11 bits per heavy atom. The van der Waals surface area contributed by atoms with Crippen molar-refractivity contribution in [1.82, 2.24) is 0 Å². The molecule has 100 valence electrons. The van der Waals surface area contributed by atoms with Crippen LogP contribution >= 0.6 is 22.9 Å². The van der Waals surface area contributed by atoms with E-state index >= 15 is 0 Å². The molecule has 2 N–H and O–H groups in total. The third kappa shape index (κ3) is 3.80. The molecule has 2 rings (SSSR count). The molecule has 0 radical (unpaired) electrons. The molecule has 0 bridgehead atoms. The van der Waals surface area contributed by atoms with Crippen LogP contribution in [0.15, 0.2) is 41.8 Å². The van der Waals surface area contributed by atoms with Crippen molar-refractivity contribution < 1.29 is 9.53 Å². The summed E-state index contributed by atoms with van der Waals surface area (Å²) >= 11 is 7.63. The number of carbonyl (C=O) groups excluding carboxylic acids is 1. The molecule has 1 aromatic heterocycles. The molecule has 0 unspecified atom stereocenters. The van der Waals surface area contributed by atoms with Crippen LogP contribution in [0.3, 0.4) is 0 Å². The van der Waals surface area contributed by atoms with Crippen LogP contribution < -0.4 is 5.73 Å². The molecule has 0 saturated heterocycles. The fraction of sp³-hybridized carbons (Fsp3) is 0.214. The number of halogens is 1. The molecule has 0 aliphatic carbocycles. The highest BCUT2D eigenvalue weighted by Gasteiger charge is 2.19. The van der Waals surface area contributed by atoms with Crippen molar-refractivity contribution >= 4 is 28.9 Å². The number of hydrogen-bond acceptors (Lipinski definition) is 4. The SMILES string of the molecule is N[C@@H](C(=O)OCCc1cccs1)c1ccccc1Cl. The lowest BCUT2D eigenvalue weighted by molar-refractivity contribution is -0.145. The van der Waals surface area contributed by atoms with Gasteiger partial charge in [0, 0.05) is 16.3 Å². The van der Waals surface area contributed by atoms with Gasteiger partial charge in [-0.2, -0.15) is 0 Å². The predicted octanol–water partition coefficient (Wildman–Crippen LogP) is 3.19. The van der Waals surface area contributed by atoms with Crippen LogP contribution in [-0.4, -0.2) is 12.6 Å². The fourth-order valence-electron chi connectivity index (χ4n) is 1.65. The van der Waals surface area contributed by atoms with Crippen molar-refractivity contribution in [2.45, 2.75) is 12.5 Å². The van der Waals surface area contributed by atoms with Gasteiger partial charge in [0.15, 0.2) is 0 Å². The van der Waals surface area contributed by atoms with Crippen molar-refractivity contribution in [3.05, 3.63) is 57.2 Å². The summed E-state index contributed by atoms with van der Waals surface area (Å²) in [5.41, 5.74) is 6.43. The number of hydrogen-bond donors (Lipinski definition) is 1. The molecule has 0 spiro atoms. The van der Waals surface area contributed by atoms with Crippen LogP contribution in [0.1, 0.15) is 16.5 Å². The van der Waals surface area contributed by atoms with Gasteiger partial charge in [0.1, 0.15) is 6.04 Å². The summed E-state index contributed by atoms with van der Waals surface area (Å²) < 4.78 is 5.17. The summed E-state index contributed by atoms with van der Waals surface area (Å²) in [5, 5.41) is 2.47. The Balaban J connectivity index is 1.87. The van der Waals surface area contributed by atoms with E-state index in [9.17, 15) is 4.79 Å². The van der Waals surface area contributed by atoms with E-state index in [1.165, 1.54) is 4.88 Å². The van der Waals surface area contributed by atoms with Gasteiger partial charge < -0.3 is 10.5 Å². The summed E-state index contributed by atoms with van der Waals surface area (Å²) in [4.78, 5) is 13.0. The Kier molecular flexibility index (Phi) is 4.96. The summed E-state index contributed by atoms with van der Waals surface area (Å²) in [5.74, 6) is -0.454. The molecule has 19 heavy (non-hydrogen) atoms.